The van der Waals surface area contributed by atoms with Crippen molar-refractivity contribution in [2.75, 3.05) is 0 Å². The Labute approximate surface area is 109 Å². The molecule has 0 bridgehead atoms. The highest BCUT2D eigenvalue weighted by Gasteiger charge is 2.20. The van der Waals surface area contributed by atoms with Gasteiger partial charge in [0, 0.05) is 23.6 Å². The number of hydrogen-bond donors (Lipinski definition) is 4. The Hall–Kier alpha value is -2.34. The Morgan fingerprint density at radius 2 is 2.00 bits per heavy atom. The first-order valence-electron chi connectivity index (χ1n) is 5.81. The highest BCUT2D eigenvalue weighted by atomic mass is 16.4. The fourth-order valence-electron chi connectivity index (χ4n) is 1.93. The van der Waals surface area contributed by atoms with Gasteiger partial charge in [0.2, 0.25) is 0 Å². The number of carboxylic acid groups (broad SMARTS) is 2. The van der Waals surface area contributed by atoms with Crippen molar-refractivity contribution in [1.29, 1.82) is 0 Å². The van der Waals surface area contributed by atoms with E-state index in [9.17, 15) is 9.59 Å². The van der Waals surface area contributed by atoms with E-state index in [1.165, 1.54) is 0 Å². The lowest BCUT2D eigenvalue weighted by molar-refractivity contribution is -0.146. The summed E-state index contributed by atoms with van der Waals surface area (Å²) in [5.74, 6) is -2.30. The lowest BCUT2D eigenvalue weighted by atomic mass is 10.1. The van der Waals surface area contributed by atoms with E-state index in [4.69, 9.17) is 10.2 Å². The van der Waals surface area contributed by atoms with E-state index in [0.717, 1.165) is 16.5 Å². The molecule has 0 aliphatic heterocycles. The Morgan fingerprint density at radius 1 is 1.26 bits per heavy atom. The number of H-pyrrole nitrogens is 1. The second kappa shape index (κ2) is 5.53. The van der Waals surface area contributed by atoms with Crippen LogP contribution in [0.1, 0.15) is 12.0 Å². The summed E-state index contributed by atoms with van der Waals surface area (Å²) in [5.41, 5.74) is 1.87. The lowest BCUT2D eigenvalue weighted by Crippen LogP contribution is -2.38. The van der Waals surface area contributed by atoms with E-state index in [1.54, 1.807) is 6.20 Å². The van der Waals surface area contributed by atoms with Gasteiger partial charge in [0.25, 0.3) is 0 Å². The average Bonchev–Trinajstić information content (AvgIpc) is 2.77. The summed E-state index contributed by atoms with van der Waals surface area (Å²) in [6, 6.07) is 6.55. The van der Waals surface area contributed by atoms with Crippen molar-refractivity contribution in [3.8, 4) is 0 Å². The van der Waals surface area contributed by atoms with Crippen LogP contribution in [0.3, 0.4) is 0 Å². The van der Waals surface area contributed by atoms with Gasteiger partial charge in [0.05, 0.1) is 6.42 Å². The molecule has 0 spiro atoms. The molecule has 6 nitrogen and oxygen atoms in total. The summed E-state index contributed by atoms with van der Waals surface area (Å²) < 4.78 is 0. The zero-order valence-electron chi connectivity index (χ0n) is 10.1. The molecule has 0 unspecified atom stereocenters. The molecule has 19 heavy (non-hydrogen) atoms. The van der Waals surface area contributed by atoms with Gasteiger partial charge in [-0.3, -0.25) is 14.9 Å². The number of carboxylic acids is 2. The van der Waals surface area contributed by atoms with Crippen molar-refractivity contribution >= 4 is 22.8 Å². The molecule has 1 heterocycles. The maximum atomic E-state index is 10.9. The number of para-hydroxylation sites is 1. The first kappa shape index (κ1) is 13.1. The minimum absolute atomic E-state index is 0.300. The zero-order chi connectivity index (χ0) is 13.8. The van der Waals surface area contributed by atoms with Crippen LogP contribution in [-0.4, -0.2) is 33.2 Å². The first-order chi connectivity index (χ1) is 9.08. The predicted molar refractivity (Wildman–Crippen MR) is 68.8 cm³/mol. The fraction of sp³-hybridized carbons (Fsp3) is 0.231. The number of carbonyl (C=O) groups is 2. The molecular formula is C13H14N2O4. The summed E-state index contributed by atoms with van der Waals surface area (Å²) in [5, 5.41) is 21.3. The molecule has 0 saturated carbocycles. The molecule has 0 saturated heterocycles. The fourth-order valence-corrected chi connectivity index (χ4v) is 1.93. The maximum Gasteiger partial charge on any atom is 0.321 e. The summed E-state index contributed by atoms with van der Waals surface area (Å²) in [6.07, 6.45) is 1.34. The van der Waals surface area contributed by atoms with Gasteiger partial charge < -0.3 is 15.2 Å². The minimum atomic E-state index is -1.16. The molecule has 2 aromatic rings. The van der Waals surface area contributed by atoms with Crippen molar-refractivity contribution in [3.05, 3.63) is 36.0 Å². The van der Waals surface area contributed by atoms with E-state index < -0.39 is 24.4 Å². The van der Waals surface area contributed by atoms with Crippen LogP contribution in [0.4, 0.5) is 0 Å². The lowest BCUT2D eigenvalue weighted by Gasteiger charge is -2.11. The van der Waals surface area contributed by atoms with Gasteiger partial charge in [0.1, 0.15) is 6.04 Å². The van der Waals surface area contributed by atoms with Gasteiger partial charge in [-0.1, -0.05) is 18.2 Å². The Kier molecular flexibility index (Phi) is 3.82. The SMILES string of the molecule is O=C(O)C[C@@H](NCc1c[nH]c2ccccc12)C(=O)O. The van der Waals surface area contributed by atoms with Gasteiger partial charge in [-0.05, 0) is 11.6 Å². The second-order valence-corrected chi connectivity index (χ2v) is 4.23. The third-order valence-electron chi connectivity index (χ3n) is 2.89. The molecule has 4 N–H and O–H groups in total. The molecule has 100 valence electrons. The highest BCUT2D eigenvalue weighted by molar-refractivity contribution is 5.83. The smallest absolute Gasteiger partial charge is 0.321 e. The van der Waals surface area contributed by atoms with Crippen LogP contribution >= 0.6 is 0 Å². The van der Waals surface area contributed by atoms with Crippen molar-refractivity contribution in [2.45, 2.75) is 19.0 Å². The third-order valence-corrected chi connectivity index (χ3v) is 2.89. The summed E-state index contributed by atoms with van der Waals surface area (Å²) in [6.45, 7) is 0.300. The number of fused-ring (bicyclic) bond motifs is 1. The van der Waals surface area contributed by atoms with Gasteiger partial charge in [0.15, 0.2) is 0 Å². The van der Waals surface area contributed by atoms with E-state index >= 15 is 0 Å². The normalized spacial score (nSPS) is 12.4. The quantitative estimate of drug-likeness (QED) is 0.626. The van der Waals surface area contributed by atoms with Crippen LogP contribution < -0.4 is 5.32 Å². The highest BCUT2D eigenvalue weighted by Crippen LogP contribution is 2.17. The monoisotopic (exact) mass is 262 g/mol. The van der Waals surface area contributed by atoms with Gasteiger partial charge in [-0.2, -0.15) is 0 Å². The summed E-state index contributed by atoms with van der Waals surface area (Å²) >= 11 is 0. The zero-order valence-corrected chi connectivity index (χ0v) is 10.1. The van der Waals surface area contributed by atoms with Crippen LogP contribution in [-0.2, 0) is 16.1 Å². The molecule has 0 radical (unpaired) electrons. The van der Waals surface area contributed by atoms with Crippen LogP contribution in [0.25, 0.3) is 10.9 Å². The standard InChI is InChI=1S/C13H14N2O4/c16-12(17)5-11(13(18)19)15-7-8-6-14-10-4-2-1-3-9(8)10/h1-4,6,11,14-15H,5,7H2,(H,16,17)(H,18,19)/t11-/m1/s1. The Morgan fingerprint density at radius 3 is 2.68 bits per heavy atom. The molecule has 1 aromatic carbocycles. The van der Waals surface area contributed by atoms with E-state index in [0.29, 0.717) is 6.54 Å². The molecule has 2 rings (SSSR count). The van der Waals surface area contributed by atoms with Crippen LogP contribution in [0.2, 0.25) is 0 Å². The summed E-state index contributed by atoms with van der Waals surface area (Å²) in [4.78, 5) is 24.6. The molecule has 0 fully saturated rings. The van der Waals surface area contributed by atoms with Gasteiger partial charge >= 0.3 is 11.9 Å². The molecule has 1 aromatic heterocycles. The topological polar surface area (TPSA) is 102 Å². The molecule has 0 amide bonds. The van der Waals surface area contributed by atoms with Gasteiger partial charge in [-0.15, -0.1) is 0 Å². The van der Waals surface area contributed by atoms with E-state index in [1.807, 2.05) is 24.3 Å². The molecule has 0 aliphatic carbocycles. The molecule has 6 heteroatoms. The molecule has 0 aliphatic rings. The average molecular weight is 262 g/mol. The molecular weight excluding hydrogens is 248 g/mol. The van der Waals surface area contributed by atoms with Crippen molar-refractivity contribution in [2.24, 2.45) is 0 Å². The number of aromatic amines is 1. The minimum Gasteiger partial charge on any atom is -0.481 e. The summed E-state index contributed by atoms with van der Waals surface area (Å²) in [7, 11) is 0. The Balaban J connectivity index is 2.08. The predicted octanol–water partition coefficient (Wildman–Crippen LogP) is 1.19. The van der Waals surface area contributed by atoms with Crippen LogP contribution in [0.5, 0.6) is 0 Å². The number of hydrogen-bond acceptors (Lipinski definition) is 3. The van der Waals surface area contributed by atoms with Crippen molar-refractivity contribution < 1.29 is 19.8 Å². The van der Waals surface area contributed by atoms with Crippen molar-refractivity contribution in [1.82, 2.24) is 10.3 Å². The second-order valence-electron chi connectivity index (χ2n) is 4.23. The largest absolute Gasteiger partial charge is 0.481 e. The number of aliphatic carboxylic acids is 2. The van der Waals surface area contributed by atoms with E-state index in [-0.39, 0.29) is 0 Å². The number of nitrogens with one attached hydrogen (secondary N) is 2. The van der Waals surface area contributed by atoms with Gasteiger partial charge in [-0.25, -0.2) is 0 Å². The number of benzene rings is 1. The maximum absolute atomic E-state index is 10.9. The van der Waals surface area contributed by atoms with Crippen molar-refractivity contribution in [3.63, 3.8) is 0 Å². The van der Waals surface area contributed by atoms with E-state index in [2.05, 4.69) is 10.3 Å². The van der Waals surface area contributed by atoms with Crippen LogP contribution in [0.15, 0.2) is 30.5 Å². The third kappa shape index (κ3) is 3.11. The van der Waals surface area contributed by atoms with Crippen LogP contribution in [0, 0.1) is 0 Å². The first-order valence-corrected chi connectivity index (χ1v) is 5.81. The number of rotatable bonds is 6. The number of aromatic nitrogens is 1. The molecule has 1 atom stereocenters. The Bertz CT molecular complexity index is 605.